The molecule has 0 bridgehead atoms. The van der Waals surface area contributed by atoms with Crippen molar-refractivity contribution in [3.63, 3.8) is 0 Å². The molecule has 2 aromatic rings. The molecule has 82 valence electrons. The number of aromatic nitrogens is 2. The lowest BCUT2D eigenvalue weighted by Gasteiger charge is -2.09. The maximum absolute atomic E-state index is 4.41. The van der Waals surface area contributed by atoms with Gasteiger partial charge in [-0.25, -0.2) is 0 Å². The van der Waals surface area contributed by atoms with E-state index in [1.807, 2.05) is 44.6 Å². The Labute approximate surface area is 95.8 Å². The first-order chi connectivity index (χ1) is 7.75. The fraction of sp³-hybridized carbons (Fsp3) is 0.231. The van der Waals surface area contributed by atoms with Gasteiger partial charge in [-0.05, 0) is 37.9 Å². The van der Waals surface area contributed by atoms with Crippen molar-refractivity contribution in [2.24, 2.45) is 0 Å². The van der Waals surface area contributed by atoms with Crippen LogP contribution in [0.5, 0.6) is 0 Å². The van der Waals surface area contributed by atoms with Gasteiger partial charge in [0.05, 0.1) is 11.4 Å². The van der Waals surface area contributed by atoms with Crippen molar-refractivity contribution in [3.8, 4) is 11.4 Å². The monoisotopic (exact) mass is 213 g/mol. The second kappa shape index (κ2) is 4.86. The fourth-order valence-electron chi connectivity index (χ4n) is 1.55. The van der Waals surface area contributed by atoms with Crippen molar-refractivity contribution in [2.45, 2.75) is 6.54 Å². The summed E-state index contributed by atoms with van der Waals surface area (Å²) in [5, 5.41) is 0. The zero-order valence-electron chi connectivity index (χ0n) is 9.59. The molecule has 0 saturated heterocycles. The van der Waals surface area contributed by atoms with Gasteiger partial charge in [0.25, 0.3) is 0 Å². The van der Waals surface area contributed by atoms with Crippen LogP contribution in [0.3, 0.4) is 0 Å². The van der Waals surface area contributed by atoms with E-state index in [0.29, 0.717) is 0 Å². The molecule has 0 spiro atoms. The van der Waals surface area contributed by atoms with E-state index in [0.717, 1.165) is 17.9 Å². The molecule has 2 rings (SSSR count). The van der Waals surface area contributed by atoms with E-state index in [4.69, 9.17) is 0 Å². The third-order valence-electron chi connectivity index (χ3n) is 2.25. The average molecular weight is 213 g/mol. The highest BCUT2D eigenvalue weighted by molar-refractivity contribution is 5.53. The summed E-state index contributed by atoms with van der Waals surface area (Å²) in [6, 6.07) is 9.95. The van der Waals surface area contributed by atoms with Gasteiger partial charge in [0.2, 0.25) is 0 Å². The van der Waals surface area contributed by atoms with Crippen LogP contribution in [0.2, 0.25) is 0 Å². The lowest BCUT2D eigenvalue weighted by molar-refractivity contribution is 0.402. The summed E-state index contributed by atoms with van der Waals surface area (Å²) >= 11 is 0. The Morgan fingerprint density at radius 1 is 1.00 bits per heavy atom. The highest BCUT2D eigenvalue weighted by atomic mass is 15.0. The molecule has 0 aromatic carbocycles. The third kappa shape index (κ3) is 2.64. The molecular weight excluding hydrogens is 198 g/mol. The third-order valence-corrected chi connectivity index (χ3v) is 2.25. The van der Waals surface area contributed by atoms with Crippen molar-refractivity contribution < 1.29 is 0 Å². The molecule has 2 aromatic heterocycles. The molecule has 16 heavy (non-hydrogen) atoms. The van der Waals surface area contributed by atoms with Gasteiger partial charge in [0.1, 0.15) is 0 Å². The smallest absolute Gasteiger partial charge is 0.0886 e. The van der Waals surface area contributed by atoms with Gasteiger partial charge in [0.15, 0.2) is 0 Å². The quantitative estimate of drug-likeness (QED) is 0.782. The van der Waals surface area contributed by atoms with E-state index < -0.39 is 0 Å². The van der Waals surface area contributed by atoms with Crippen molar-refractivity contribution in [3.05, 3.63) is 48.3 Å². The molecule has 0 aliphatic carbocycles. The first kappa shape index (κ1) is 10.8. The average Bonchev–Trinajstić information content (AvgIpc) is 2.30. The van der Waals surface area contributed by atoms with Crippen LogP contribution in [0.25, 0.3) is 11.4 Å². The molecule has 0 aliphatic heterocycles. The summed E-state index contributed by atoms with van der Waals surface area (Å²) in [6.45, 7) is 0.912. The van der Waals surface area contributed by atoms with Gasteiger partial charge >= 0.3 is 0 Å². The Morgan fingerprint density at radius 3 is 2.38 bits per heavy atom. The normalized spacial score (nSPS) is 10.7. The zero-order valence-corrected chi connectivity index (χ0v) is 9.59. The SMILES string of the molecule is CN(C)Cc1ccc(-c2ccccn2)nc1. The molecule has 3 heteroatoms. The highest BCUT2D eigenvalue weighted by Gasteiger charge is 2.00. The lowest BCUT2D eigenvalue weighted by atomic mass is 10.2. The molecular formula is C13H15N3. The molecule has 0 amide bonds. The summed E-state index contributed by atoms with van der Waals surface area (Å²) in [7, 11) is 4.10. The molecule has 0 fully saturated rings. The molecule has 0 unspecified atom stereocenters. The van der Waals surface area contributed by atoms with E-state index in [2.05, 4.69) is 20.9 Å². The summed E-state index contributed by atoms with van der Waals surface area (Å²) in [6.07, 6.45) is 3.69. The van der Waals surface area contributed by atoms with Gasteiger partial charge < -0.3 is 4.90 Å². The van der Waals surface area contributed by atoms with Gasteiger partial charge in [0, 0.05) is 18.9 Å². The lowest BCUT2D eigenvalue weighted by Crippen LogP contribution is -2.10. The van der Waals surface area contributed by atoms with Crippen molar-refractivity contribution in [1.29, 1.82) is 0 Å². The fourth-order valence-corrected chi connectivity index (χ4v) is 1.55. The topological polar surface area (TPSA) is 29.0 Å². The molecule has 0 atom stereocenters. The second-order valence-corrected chi connectivity index (χ2v) is 4.00. The van der Waals surface area contributed by atoms with Crippen LogP contribution < -0.4 is 0 Å². The van der Waals surface area contributed by atoms with Gasteiger partial charge in [-0.3, -0.25) is 9.97 Å². The number of rotatable bonds is 3. The van der Waals surface area contributed by atoms with Crippen LogP contribution in [-0.4, -0.2) is 29.0 Å². The summed E-state index contributed by atoms with van der Waals surface area (Å²) in [5.74, 6) is 0. The largest absolute Gasteiger partial charge is 0.305 e. The Kier molecular flexibility index (Phi) is 3.27. The minimum atomic E-state index is 0.912. The van der Waals surface area contributed by atoms with Crippen LogP contribution in [0.4, 0.5) is 0 Å². The minimum absolute atomic E-state index is 0.912. The second-order valence-electron chi connectivity index (χ2n) is 4.00. The minimum Gasteiger partial charge on any atom is -0.305 e. The highest BCUT2D eigenvalue weighted by Crippen LogP contribution is 2.13. The van der Waals surface area contributed by atoms with Crippen LogP contribution in [-0.2, 0) is 6.54 Å². The van der Waals surface area contributed by atoms with Crippen molar-refractivity contribution in [1.82, 2.24) is 14.9 Å². The van der Waals surface area contributed by atoms with Crippen molar-refractivity contribution in [2.75, 3.05) is 14.1 Å². The van der Waals surface area contributed by atoms with Crippen LogP contribution in [0, 0.1) is 0 Å². The molecule has 0 saturated carbocycles. The Balaban J connectivity index is 2.20. The predicted octanol–water partition coefficient (Wildman–Crippen LogP) is 2.21. The molecule has 3 nitrogen and oxygen atoms in total. The number of pyridine rings is 2. The maximum Gasteiger partial charge on any atom is 0.0886 e. The van der Waals surface area contributed by atoms with Gasteiger partial charge in [-0.1, -0.05) is 12.1 Å². The maximum atomic E-state index is 4.41. The summed E-state index contributed by atoms with van der Waals surface area (Å²) < 4.78 is 0. The zero-order chi connectivity index (χ0) is 11.4. The first-order valence-corrected chi connectivity index (χ1v) is 5.27. The number of nitrogens with zero attached hydrogens (tertiary/aromatic N) is 3. The first-order valence-electron chi connectivity index (χ1n) is 5.27. The Morgan fingerprint density at radius 2 is 1.81 bits per heavy atom. The molecule has 0 radical (unpaired) electrons. The van der Waals surface area contributed by atoms with Crippen LogP contribution in [0.15, 0.2) is 42.7 Å². The Bertz CT molecular complexity index is 434. The van der Waals surface area contributed by atoms with Gasteiger partial charge in [-0.15, -0.1) is 0 Å². The summed E-state index contributed by atoms with van der Waals surface area (Å²) in [4.78, 5) is 10.8. The molecule has 0 aliphatic rings. The molecule has 2 heterocycles. The predicted molar refractivity (Wildman–Crippen MR) is 64.9 cm³/mol. The van der Waals surface area contributed by atoms with Crippen LogP contribution in [0.1, 0.15) is 5.56 Å². The van der Waals surface area contributed by atoms with E-state index in [-0.39, 0.29) is 0 Å². The standard InChI is InChI=1S/C13H15N3/c1-16(2)10-11-6-7-13(15-9-11)12-5-3-4-8-14-12/h3-9H,10H2,1-2H3. The van der Waals surface area contributed by atoms with E-state index in [9.17, 15) is 0 Å². The van der Waals surface area contributed by atoms with E-state index in [1.54, 1.807) is 6.20 Å². The van der Waals surface area contributed by atoms with Crippen molar-refractivity contribution >= 4 is 0 Å². The van der Waals surface area contributed by atoms with E-state index >= 15 is 0 Å². The van der Waals surface area contributed by atoms with Gasteiger partial charge in [-0.2, -0.15) is 0 Å². The molecule has 0 N–H and O–H groups in total. The summed E-state index contributed by atoms with van der Waals surface area (Å²) in [5.41, 5.74) is 3.05. The van der Waals surface area contributed by atoms with Crippen LogP contribution >= 0.6 is 0 Å². The number of hydrogen-bond acceptors (Lipinski definition) is 3. The number of hydrogen-bond donors (Lipinski definition) is 0. The van der Waals surface area contributed by atoms with E-state index in [1.165, 1.54) is 5.56 Å². The Hall–Kier alpha value is -1.74.